The van der Waals surface area contributed by atoms with Gasteiger partial charge in [0.1, 0.15) is 0 Å². The number of benzene rings is 1. The molecule has 0 spiro atoms. The third kappa shape index (κ3) is 6.26. The van der Waals surface area contributed by atoms with Gasteiger partial charge in [-0.15, -0.1) is 0 Å². The molecule has 0 fully saturated rings. The fourth-order valence-electron chi connectivity index (χ4n) is 2.62. The molecule has 1 N–H and O–H groups in total. The molecule has 0 saturated carbocycles. The van der Waals surface area contributed by atoms with Crippen LogP contribution in [0.25, 0.3) is 0 Å². The zero-order chi connectivity index (χ0) is 14.1. The summed E-state index contributed by atoms with van der Waals surface area (Å²) in [6.07, 6.45) is 6.62. The van der Waals surface area contributed by atoms with Crippen molar-refractivity contribution in [2.75, 3.05) is 6.54 Å². The maximum absolute atomic E-state index is 3.66. The Morgan fingerprint density at radius 1 is 1.21 bits per heavy atom. The lowest BCUT2D eigenvalue weighted by Crippen LogP contribution is -2.23. The van der Waals surface area contributed by atoms with E-state index >= 15 is 0 Å². The van der Waals surface area contributed by atoms with Gasteiger partial charge in [0.05, 0.1) is 0 Å². The molecule has 0 radical (unpaired) electrons. The lowest BCUT2D eigenvalue weighted by atomic mass is 9.89. The van der Waals surface area contributed by atoms with Crippen LogP contribution in [0.3, 0.4) is 0 Å². The van der Waals surface area contributed by atoms with Gasteiger partial charge in [0, 0.05) is 9.61 Å². The minimum atomic E-state index is 0.515. The molecule has 0 bridgehead atoms. The molecule has 1 aromatic carbocycles. The van der Waals surface area contributed by atoms with E-state index in [0.717, 1.165) is 12.5 Å². The molecule has 108 valence electrons. The van der Waals surface area contributed by atoms with Crippen LogP contribution in [0.2, 0.25) is 0 Å². The fraction of sp³-hybridized carbons (Fsp3) is 0.647. The van der Waals surface area contributed by atoms with Crippen molar-refractivity contribution in [1.82, 2.24) is 5.32 Å². The molecule has 1 rings (SSSR count). The third-order valence-electron chi connectivity index (χ3n) is 3.81. The van der Waals surface area contributed by atoms with Crippen LogP contribution in [-0.4, -0.2) is 6.54 Å². The molecular weight excluding hydrogens is 345 g/mol. The summed E-state index contributed by atoms with van der Waals surface area (Å²) in [5.41, 5.74) is 1.45. The number of nitrogens with one attached hydrogen (secondary N) is 1. The zero-order valence-corrected chi connectivity index (χ0v) is 14.7. The van der Waals surface area contributed by atoms with E-state index in [1.807, 2.05) is 0 Å². The van der Waals surface area contributed by atoms with Crippen LogP contribution in [0.15, 0.2) is 24.3 Å². The first-order valence-corrected chi connectivity index (χ1v) is 8.77. The van der Waals surface area contributed by atoms with E-state index in [2.05, 4.69) is 72.9 Å². The Kier molecular flexibility index (Phi) is 8.71. The van der Waals surface area contributed by atoms with Crippen LogP contribution in [0, 0.1) is 9.49 Å². The van der Waals surface area contributed by atoms with E-state index in [-0.39, 0.29) is 0 Å². The predicted molar refractivity (Wildman–Crippen MR) is 93.5 cm³/mol. The van der Waals surface area contributed by atoms with Crippen LogP contribution in [0.5, 0.6) is 0 Å². The highest BCUT2D eigenvalue weighted by molar-refractivity contribution is 14.1. The Balaban J connectivity index is 2.70. The number of rotatable bonds is 9. The second kappa shape index (κ2) is 9.76. The average Bonchev–Trinajstić information content (AvgIpc) is 2.42. The lowest BCUT2D eigenvalue weighted by molar-refractivity contribution is 0.357. The normalized spacial score (nSPS) is 14.3. The van der Waals surface area contributed by atoms with Crippen LogP contribution in [0.1, 0.15) is 64.5 Å². The van der Waals surface area contributed by atoms with E-state index in [9.17, 15) is 0 Å². The SMILES string of the molecule is CCCCC(CC)CC(NCC)c1cccc(I)c1. The fourth-order valence-corrected chi connectivity index (χ4v) is 3.19. The largest absolute Gasteiger partial charge is 0.310 e. The number of halogens is 1. The number of hydrogen-bond donors (Lipinski definition) is 1. The molecule has 19 heavy (non-hydrogen) atoms. The molecule has 2 heteroatoms. The van der Waals surface area contributed by atoms with Crippen molar-refractivity contribution in [3.8, 4) is 0 Å². The molecular formula is C17H28IN. The van der Waals surface area contributed by atoms with E-state index < -0.39 is 0 Å². The van der Waals surface area contributed by atoms with Crippen molar-refractivity contribution in [3.05, 3.63) is 33.4 Å². The van der Waals surface area contributed by atoms with Gasteiger partial charge >= 0.3 is 0 Å². The van der Waals surface area contributed by atoms with Gasteiger partial charge in [0.25, 0.3) is 0 Å². The first-order chi connectivity index (χ1) is 9.21. The molecule has 0 aliphatic heterocycles. The summed E-state index contributed by atoms with van der Waals surface area (Å²) < 4.78 is 1.33. The molecule has 0 aliphatic rings. The van der Waals surface area contributed by atoms with Gasteiger partial charge in [-0.05, 0) is 59.2 Å². The van der Waals surface area contributed by atoms with Crippen molar-refractivity contribution in [1.29, 1.82) is 0 Å². The molecule has 2 unspecified atom stereocenters. The molecule has 1 aromatic rings. The third-order valence-corrected chi connectivity index (χ3v) is 4.48. The van der Waals surface area contributed by atoms with Crippen molar-refractivity contribution < 1.29 is 0 Å². The van der Waals surface area contributed by atoms with Gasteiger partial charge in [-0.3, -0.25) is 0 Å². The molecule has 0 saturated heterocycles. The summed E-state index contributed by atoms with van der Waals surface area (Å²) in [6, 6.07) is 9.44. The summed E-state index contributed by atoms with van der Waals surface area (Å²) in [7, 11) is 0. The van der Waals surface area contributed by atoms with Crippen LogP contribution < -0.4 is 5.32 Å². The standard InChI is InChI=1S/C17H28IN/c1-4-7-9-14(5-2)12-17(19-6-3)15-10-8-11-16(18)13-15/h8,10-11,13-14,17,19H,4-7,9,12H2,1-3H3. The first-order valence-electron chi connectivity index (χ1n) is 7.70. The number of hydrogen-bond acceptors (Lipinski definition) is 1. The molecule has 2 atom stereocenters. The van der Waals surface area contributed by atoms with Gasteiger partial charge in [-0.25, -0.2) is 0 Å². The molecule has 1 nitrogen and oxygen atoms in total. The second-order valence-corrected chi connectivity index (χ2v) is 6.56. The highest BCUT2D eigenvalue weighted by Gasteiger charge is 2.16. The maximum Gasteiger partial charge on any atom is 0.0323 e. The Bertz CT molecular complexity index is 351. The topological polar surface area (TPSA) is 12.0 Å². The molecule has 0 aromatic heterocycles. The van der Waals surface area contributed by atoms with E-state index in [4.69, 9.17) is 0 Å². The minimum Gasteiger partial charge on any atom is -0.310 e. The van der Waals surface area contributed by atoms with Crippen LogP contribution >= 0.6 is 22.6 Å². The molecule has 0 amide bonds. The van der Waals surface area contributed by atoms with Gasteiger partial charge in [-0.2, -0.15) is 0 Å². The Labute approximate surface area is 132 Å². The maximum atomic E-state index is 3.66. The smallest absolute Gasteiger partial charge is 0.0323 e. The van der Waals surface area contributed by atoms with Crippen molar-refractivity contribution >= 4 is 22.6 Å². The summed E-state index contributed by atoms with van der Waals surface area (Å²) in [5, 5.41) is 3.66. The molecule has 0 aliphatic carbocycles. The first kappa shape index (κ1) is 17.0. The quantitative estimate of drug-likeness (QED) is 0.560. The van der Waals surface area contributed by atoms with Gasteiger partial charge < -0.3 is 5.32 Å². The summed E-state index contributed by atoms with van der Waals surface area (Å²) >= 11 is 2.41. The highest BCUT2D eigenvalue weighted by Crippen LogP contribution is 2.27. The van der Waals surface area contributed by atoms with Crippen molar-refractivity contribution in [2.45, 2.75) is 58.9 Å². The van der Waals surface area contributed by atoms with Crippen molar-refractivity contribution in [3.63, 3.8) is 0 Å². The van der Waals surface area contributed by atoms with Crippen LogP contribution in [0.4, 0.5) is 0 Å². The second-order valence-electron chi connectivity index (χ2n) is 5.32. The minimum absolute atomic E-state index is 0.515. The van der Waals surface area contributed by atoms with Crippen LogP contribution in [-0.2, 0) is 0 Å². The van der Waals surface area contributed by atoms with E-state index in [0.29, 0.717) is 6.04 Å². The highest BCUT2D eigenvalue weighted by atomic mass is 127. The summed E-state index contributed by atoms with van der Waals surface area (Å²) in [5.74, 6) is 0.849. The van der Waals surface area contributed by atoms with Gasteiger partial charge in [0.15, 0.2) is 0 Å². The molecule has 0 heterocycles. The number of unbranched alkanes of at least 4 members (excludes halogenated alkanes) is 1. The van der Waals surface area contributed by atoms with E-state index in [1.54, 1.807) is 0 Å². The van der Waals surface area contributed by atoms with Gasteiger partial charge in [-0.1, -0.05) is 58.6 Å². The monoisotopic (exact) mass is 373 g/mol. The average molecular weight is 373 g/mol. The van der Waals surface area contributed by atoms with E-state index in [1.165, 1.54) is 41.2 Å². The Hall–Kier alpha value is -0.0900. The lowest BCUT2D eigenvalue weighted by Gasteiger charge is -2.24. The predicted octanol–water partition coefficient (Wildman–Crippen LogP) is 5.55. The van der Waals surface area contributed by atoms with Crippen molar-refractivity contribution in [2.24, 2.45) is 5.92 Å². The Morgan fingerprint density at radius 2 is 2.00 bits per heavy atom. The summed E-state index contributed by atoms with van der Waals surface area (Å²) in [4.78, 5) is 0. The Morgan fingerprint density at radius 3 is 2.58 bits per heavy atom. The van der Waals surface area contributed by atoms with Gasteiger partial charge in [0.2, 0.25) is 0 Å². The zero-order valence-electron chi connectivity index (χ0n) is 12.6. The summed E-state index contributed by atoms with van der Waals surface area (Å²) in [6.45, 7) is 7.86.